The monoisotopic (exact) mass is 273 g/mol. The summed E-state index contributed by atoms with van der Waals surface area (Å²) in [6, 6.07) is 4.20. The fraction of sp³-hybridized carbons (Fsp3) is 0.214. The number of methoxy groups -OCH3 is 1. The van der Waals surface area contributed by atoms with Crippen LogP contribution in [0.5, 0.6) is 5.75 Å². The van der Waals surface area contributed by atoms with Gasteiger partial charge < -0.3 is 10.5 Å². The van der Waals surface area contributed by atoms with Crippen LogP contribution in [0.25, 0.3) is 16.2 Å². The smallest absolute Gasteiger partial charge is 0.195 e. The number of ether oxygens (including phenoxy) is 1. The van der Waals surface area contributed by atoms with Gasteiger partial charge in [-0.1, -0.05) is 6.07 Å². The zero-order valence-electron chi connectivity index (χ0n) is 11.1. The highest BCUT2D eigenvalue weighted by Crippen LogP contribution is 2.34. The van der Waals surface area contributed by atoms with Crippen LogP contribution in [-0.2, 0) is 0 Å². The highest BCUT2D eigenvalue weighted by molar-refractivity contribution is 7.15. The molecular formula is C14H15N3OS. The van der Waals surface area contributed by atoms with E-state index in [4.69, 9.17) is 10.5 Å². The van der Waals surface area contributed by atoms with E-state index in [1.54, 1.807) is 7.11 Å². The predicted octanol–water partition coefficient (Wildman–Crippen LogP) is 3.27. The number of aryl methyl sites for hydroxylation is 2. The van der Waals surface area contributed by atoms with Crippen molar-refractivity contribution >= 4 is 22.1 Å². The van der Waals surface area contributed by atoms with E-state index < -0.39 is 0 Å². The van der Waals surface area contributed by atoms with Crippen LogP contribution in [0.4, 0.5) is 5.82 Å². The van der Waals surface area contributed by atoms with Crippen molar-refractivity contribution in [3.8, 4) is 17.0 Å². The molecule has 0 saturated carbocycles. The predicted molar refractivity (Wildman–Crippen MR) is 78.9 cm³/mol. The standard InChI is InChI=1S/C14H15N3OS/c1-8-4-9(2)13(18-3)10(5-8)11-6-17-12(15)7-19-14(17)16-11/h4-7H,15H2,1-3H3. The van der Waals surface area contributed by atoms with Crippen LogP contribution in [0.1, 0.15) is 11.1 Å². The van der Waals surface area contributed by atoms with Crippen molar-refractivity contribution in [1.29, 1.82) is 0 Å². The molecule has 2 N–H and O–H groups in total. The summed E-state index contributed by atoms with van der Waals surface area (Å²) in [4.78, 5) is 5.51. The molecule has 0 aliphatic carbocycles. The summed E-state index contributed by atoms with van der Waals surface area (Å²) in [5, 5.41) is 1.89. The largest absolute Gasteiger partial charge is 0.496 e. The molecule has 4 nitrogen and oxygen atoms in total. The number of nitrogen functional groups attached to an aromatic ring is 1. The number of nitrogens with two attached hydrogens (primary N) is 1. The molecule has 2 heterocycles. The van der Waals surface area contributed by atoms with Gasteiger partial charge in [0, 0.05) is 17.1 Å². The number of nitrogens with zero attached hydrogens (tertiary/aromatic N) is 2. The zero-order valence-corrected chi connectivity index (χ0v) is 11.9. The topological polar surface area (TPSA) is 52.5 Å². The van der Waals surface area contributed by atoms with Gasteiger partial charge in [-0.05, 0) is 31.0 Å². The van der Waals surface area contributed by atoms with E-state index in [0.717, 1.165) is 27.5 Å². The van der Waals surface area contributed by atoms with E-state index in [1.165, 1.54) is 16.9 Å². The minimum atomic E-state index is 0.710. The summed E-state index contributed by atoms with van der Waals surface area (Å²) in [6.45, 7) is 4.12. The van der Waals surface area contributed by atoms with Gasteiger partial charge in [0.05, 0.1) is 12.8 Å². The molecule has 19 heavy (non-hydrogen) atoms. The molecule has 1 aromatic carbocycles. The number of hydrogen-bond acceptors (Lipinski definition) is 4. The van der Waals surface area contributed by atoms with Crippen molar-refractivity contribution in [3.63, 3.8) is 0 Å². The number of imidazole rings is 1. The maximum absolute atomic E-state index is 5.90. The molecule has 0 fully saturated rings. The molecule has 98 valence electrons. The number of rotatable bonds is 2. The molecule has 3 rings (SSSR count). The third-order valence-electron chi connectivity index (χ3n) is 3.14. The van der Waals surface area contributed by atoms with Crippen molar-refractivity contribution in [2.75, 3.05) is 12.8 Å². The molecule has 0 saturated heterocycles. The summed E-state index contributed by atoms with van der Waals surface area (Å²) in [7, 11) is 1.69. The van der Waals surface area contributed by atoms with Gasteiger partial charge in [0.2, 0.25) is 0 Å². The highest BCUT2D eigenvalue weighted by Gasteiger charge is 2.14. The maximum atomic E-state index is 5.90. The van der Waals surface area contributed by atoms with E-state index in [0.29, 0.717) is 5.82 Å². The van der Waals surface area contributed by atoms with Crippen molar-refractivity contribution < 1.29 is 4.74 Å². The lowest BCUT2D eigenvalue weighted by Crippen LogP contribution is -1.93. The Morgan fingerprint density at radius 1 is 1.32 bits per heavy atom. The molecule has 0 aliphatic heterocycles. The van der Waals surface area contributed by atoms with Crippen LogP contribution in [-0.4, -0.2) is 16.5 Å². The molecule has 0 unspecified atom stereocenters. The molecule has 2 aromatic heterocycles. The fourth-order valence-corrected chi connectivity index (χ4v) is 3.11. The SMILES string of the molecule is COc1c(C)cc(C)cc1-c1cn2c(N)csc2n1. The van der Waals surface area contributed by atoms with Crippen LogP contribution < -0.4 is 10.5 Å². The number of hydrogen-bond donors (Lipinski definition) is 1. The second-order valence-corrected chi connectivity index (χ2v) is 5.44. The lowest BCUT2D eigenvalue weighted by molar-refractivity contribution is 0.413. The minimum absolute atomic E-state index is 0.710. The third kappa shape index (κ3) is 1.86. The van der Waals surface area contributed by atoms with Crippen LogP contribution >= 0.6 is 11.3 Å². The van der Waals surface area contributed by atoms with Gasteiger partial charge >= 0.3 is 0 Å². The van der Waals surface area contributed by atoms with Crippen LogP contribution in [0.3, 0.4) is 0 Å². The van der Waals surface area contributed by atoms with E-state index in [-0.39, 0.29) is 0 Å². The first-order valence-corrected chi connectivity index (χ1v) is 6.86. The van der Waals surface area contributed by atoms with Crippen LogP contribution in [0, 0.1) is 13.8 Å². The first-order chi connectivity index (χ1) is 9.10. The summed E-state index contributed by atoms with van der Waals surface area (Å²) >= 11 is 1.54. The number of anilines is 1. The fourth-order valence-electron chi connectivity index (χ4n) is 2.35. The van der Waals surface area contributed by atoms with Crippen molar-refractivity contribution in [1.82, 2.24) is 9.38 Å². The summed E-state index contributed by atoms with van der Waals surface area (Å²) in [5.41, 5.74) is 10.1. The van der Waals surface area contributed by atoms with Gasteiger partial charge in [-0.2, -0.15) is 0 Å². The van der Waals surface area contributed by atoms with Gasteiger partial charge in [-0.3, -0.25) is 4.40 Å². The van der Waals surface area contributed by atoms with E-state index >= 15 is 0 Å². The first kappa shape index (κ1) is 12.0. The molecule has 3 aromatic rings. The van der Waals surface area contributed by atoms with Crippen LogP contribution in [0.2, 0.25) is 0 Å². The Morgan fingerprint density at radius 2 is 2.11 bits per heavy atom. The van der Waals surface area contributed by atoms with E-state index in [2.05, 4.69) is 24.0 Å². The summed E-state index contributed by atoms with van der Waals surface area (Å²) < 4.78 is 7.41. The molecule has 0 aliphatic rings. The molecule has 0 radical (unpaired) electrons. The normalized spacial score (nSPS) is 11.1. The van der Waals surface area contributed by atoms with E-state index in [1.807, 2.05) is 22.9 Å². The molecule has 0 amide bonds. The second kappa shape index (κ2) is 4.28. The molecular weight excluding hydrogens is 258 g/mol. The third-order valence-corrected chi connectivity index (χ3v) is 3.99. The molecule has 5 heteroatoms. The number of benzene rings is 1. The second-order valence-electron chi connectivity index (χ2n) is 4.60. The minimum Gasteiger partial charge on any atom is -0.496 e. The average Bonchev–Trinajstić information content (AvgIpc) is 2.91. The van der Waals surface area contributed by atoms with Gasteiger partial charge in [-0.25, -0.2) is 4.98 Å². The van der Waals surface area contributed by atoms with Gasteiger partial charge in [-0.15, -0.1) is 11.3 Å². The lowest BCUT2D eigenvalue weighted by Gasteiger charge is -2.10. The zero-order chi connectivity index (χ0) is 13.6. The number of fused-ring (bicyclic) bond motifs is 1. The quantitative estimate of drug-likeness (QED) is 0.779. The Morgan fingerprint density at radius 3 is 2.79 bits per heavy atom. The highest BCUT2D eigenvalue weighted by atomic mass is 32.1. The Balaban J connectivity index is 2.25. The van der Waals surface area contributed by atoms with Crippen LogP contribution in [0.15, 0.2) is 23.7 Å². The van der Waals surface area contributed by atoms with Gasteiger partial charge in [0.25, 0.3) is 0 Å². The lowest BCUT2D eigenvalue weighted by atomic mass is 10.0. The molecule has 0 bridgehead atoms. The Bertz CT molecular complexity index is 757. The number of aromatic nitrogens is 2. The maximum Gasteiger partial charge on any atom is 0.195 e. The molecule has 0 spiro atoms. The Kier molecular flexibility index (Phi) is 2.71. The average molecular weight is 273 g/mol. The van der Waals surface area contributed by atoms with Gasteiger partial charge in [0.1, 0.15) is 11.6 Å². The van der Waals surface area contributed by atoms with Crippen molar-refractivity contribution in [2.45, 2.75) is 13.8 Å². The van der Waals surface area contributed by atoms with Crippen molar-refractivity contribution in [3.05, 3.63) is 34.8 Å². The Hall–Kier alpha value is -2.01. The Labute approximate surface area is 115 Å². The van der Waals surface area contributed by atoms with Gasteiger partial charge in [0.15, 0.2) is 4.96 Å². The van der Waals surface area contributed by atoms with E-state index in [9.17, 15) is 0 Å². The molecule has 0 atom stereocenters. The van der Waals surface area contributed by atoms with Crippen molar-refractivity contribution in [2.24, 2.45) is 0 Å². The summed E-state index contributed by atoms with van der Waals surface area (Å²) in [6.07, 6.45) is 1.96. The summed E-state index contributed by atoms with van der Waals surface area (Å²) in [5.74, 6) is 1.58. The number of thiazole rings is 1. The first-order valence-electron chi connectivity index (χ1n) is 5.98.